The largest absolute Gasteiger partial charge is 0.321 e. The zero-order valence-corrected chi connectivity index (χ0v) is 15.4. The van der Waals surface area contributed by atoms with Gasteiger partial charge in [-0.3, -0.25) is 9.48 Å². The van der Waals surface area contributed by atoms with Gasteiger partial charge >= 0.3 is 0 Å². The van der Waals surface area contributed by atoms with Gasteiger partial charge in [0.25, 0.3) is 5.91 Å². The van der Waals surface area contributed by atoms with Crippen LogP contribution in [0.25, 0.3) is 0 Å². The molecule has 1 heterocycles. The summed E-state index contributed by atoms with van der Waals surface area (Å²) in [6.07, 6.45) is 0. The highest BCUT2D eigenvalue weighted by molar-refractivity contribution is 7.91. The SMILES string of the molecule is Cc1cc(C(=O)Nc2cccc(CS(=O)(=O)C(C)(C)C)c2)nn1C. The Kier molecular flexibility index (Phi) is 4.85. The van der Waals surface area contributed by atoms with Gasteiger partial charge < -0.3 is 5.32 Å². The van der Waals surface area contributed by atoms with Crippen LogP contribution < -0.4 is 5.32 Å². The number of nitrogens with zero attached hydrogens (tertiary/aromatic N) is 2. The minimum atomic E-state index is -3.28. The van der Waals surface area contributed by atoms with Crippen molar-refractivity contribution in [3.63, 3.8) is 0 Å². The molecule has 0 aliphatic heterocycles. The summed E-state index contributed by atoms with van der Waals surface area (Å²) < 4.78 is 25.4. The van der Waals surface area contributed by atoms with E-state index in [-0.39, 0.29) is 11.7 Å². The average Bonchev–Trinajstić information content (AvgIpc) is 2.77. The Morgan fingerprint density at radius 3 is 2.46 bits per heavy atom. The number of anilines is 1. The third kappa shape index (κ3) is 4.03. The first-order valence-corrected chi connectivity index (χ1v) is 9.28. The van der Waals surface area contributed by atoms with Crippen LogP contribution in [0, 0.1) is 6.92 Å². The molecule has 130 valence electrons. The third-order valence-corrected chi connectivity index (χ3v) is 6.40. The lowest BCUT2D eigenvalue weighted by Gasteiger charge is -2.19. The number of hydrogen-bond acceptors (Lipinski definition) is 4. The van der Waals surface area contributed by atoms with Crippen LogP contribution in [0.15, 0.2) is 30.3 Å². The summed E-state index contributed by atoms with van der Waals surface area (Å²) in [5, 5.41) is 6.88. The van der Waals surface area contributed by atoms with E-state index in [0.717, 1.165) is 5.69 Å². The predicted molar refractivity (Wildman–Crippen MR) is 94.7 cm³/mol. The summed E-state index contributed by atoms with van der Waals surface area (Å²) in [5.41, 5.74) is 2.39. The molecule has 0 atom stereocenters. The second kappa shape index (κ2) is 6.39. The van der Waals surface area contributed by atoms with Gasteiger partial charge in [-0.15, -0.1) is 0 Å². The molecule has 0 aliphatic carbocycles. The van der Waals surface area contributed by atoms with Crippen molar-refractivity contribution in [2.75, 3.05) is 5.32 Å². The quantitative estimate of drug-likeness (QED) is 0.920. The van der Waals surface area contributed by atoms with Crippen LogP contribution >= 0.6 is 0 Å². The Bertz CT molecular complexity index is 842. The maximum absolute atomic E-state index is 12.3. The monoisotopic (exact) mass is 349 g/mol. The van der Waals surface area contributed by atoms with E-state index < -0.39 is 14.6 Å². The molecule has 1 amide bonds. The first-order valence-electron chi connectivity index (χ1n) is 7.63. The van der Waals surface area contributed by atoms with Crippen LogP contribution in [0.5, 0.6) is 0 Å². The normalized spacial score (nSPS) is 12.2. The maximum atomic E-state index is 12.3. The molecule has 0 saturated heterocycles. The standard InChI is InChI=1S/C17H23N3O3S/c1-12-9-15(19-20(12)5)16(21)18-14-8-6-7-13(10-14)11-24(22,23)17(2,3)4/h6-10H,11H2,1-5H3,(H,18,21). The van der Waals surface area contributed by atoms with Gasteiger partial charge in [0.2, 0.25) is 0 Å². The van der Waals surface area contributed by atoms with Gasteiger partial charge in [-0.1, -0.05) is 12.1 Å². The highest BCUT2D eigenvalue weighted by Crippen LogP contribution is 2.22. The number of rotatable bonds is 4. The molecule has 24 heavy (non-hydrogen) atoms. The molecule has 6 nitrogen and oxygen atoms in total. The van der Waals surface area contributed by atoms with Crippen LogP contribution in [0.4, 0.5) is 5.69 Å². The molecule has 7 heteroatoms. The third-order valence-electron chi connectivity index (χ3n) is 3.82. The maximum Gasteiger partial charge on any atom is 0.276 e. The van der Waals surface area contributed by atoms with E-state index in [4.69, 9.17) is 0 Å². The van der Waals surface area contributed by atoms with Crippen molar-refractivity contribution in [2.24, 2.45) is 7.05 Å². The Morgan fingerprint density at radius 2 is 1.92 bits per heavy atom. The summed E-state index contributed by atoms with van der Waals surface area (Å²) in [4.78, 5) is 12.2. The summed E-state index contributed by atoms with van der Waals surface area (Å²) in [5.74, 6) is -0.391. The number of carbonyl (C=O) groups excluding carboxylic acids is 1. The molecule has 1 aromatic carbocycles. The molecular weight excluding hydrogens is 326 g/mol. The average molecular weight is 349 g/mol. The van der Waals surface area contributed by atoms with Crippen molar-refractivity contribution in [3.05, 3.63) is 47.3 Å². The number of aryl methyl sites for hydroxylation is 2. The lowest BCUT2D eigenvalue weighted by Crippen LogP contribution is -2.29. The molecule has 0 saturated carbocycles. The highest BCUT2D eigenvalue weighted by atomic mass is 32.2. The zero-order valence-electron chi connectivity index (χ0n) is 14.6. The minimum absolute atomic E-state index is 0.0666. The minimum Gasteiger partial charge on any atom is -0.321 e. The number of nitrogens with one attached hydrogen (secondary N) is 1. The summed E-state index contributed by atoms with van der Waals surface area (Å²) >= 11 is 0. The zero-order chi connectivity index (χ0) is 18.1. The number of sulfone groups is 1. The highest BCUT2D eigenvalue weighted by Gasteiger charge is 2.29. The van der Waals surface area contributed by atoms with E-state index >= 15 is 0 Å². The van der Waals surface area contributed by atoms with Crippen molar-refractivity contribution < 1.29 is 13.2 Å². The Hall–Kier alpha value is -2.15. The fourth-order valence-corrected chi connectivity index (χ4v) is 3.09. The van der Waals surface area contributed by atoms with Crippen molar-refractivity contribution >= 4 is 21.4 Å². The second-order valence-corrected chi connectivity index (χ2v) is 9.56. The molecular formula is C17H23N3O3S. The van der Waals surface area contributed by atoms with Gasteiger partial charge in [0.1, 0.15) is 0 Å². The fraction of sp³-hybridized carbons (Fsp3) is 0.412. The van der Waals surface area contributed by atoms with Crippen molar-refractivity contribution in [1.29, 1.82) is 0 Å². The number of aromatic nitrogens is 2. The number of hydrogen-bond donors (Lipinski definition) is 1. The van der Waals surface area contributed by atoms with Gasteiger partial charge in [0, 0.05) is 18.4 Å². The van der Waals surface area contributed by atoms with Crippen LogP contribution in [0.3, 0.4) is 0 Å². The summed E-state index contributed by atoms with van der Waals surface area (Å²) in [6.45, 7) is 6.90. The van der Waals surface area contributed by atoms with Crippen molar-refractivity contribution in [1.82, 2.24) is 9.78 Å². The van der Waals surface area contributed by atoms with Crippen molar-refractivity contribution in [2.45, 2.75) is 38.2 Å². The Morgan fingerprint density at radius 1 is 1.25 bits per heavy atom. The predicted octanol–water partition coefficient (Wildman–Crippen LogP) is 2.69. The smallest absolute Gasteiger partial charge is 0.276 e. The van der Waals surface area contributed by atoms with Gasteiger partial charge in [0.15, 0.2) is 15.5 Å². The number of benzene rings is 1. The molecule has 0 radical (unpaired) electrons. The van der Waals surface area contributed by atoms with Gasteiger partial charge in [-0.2, -0.15) is 5.10 Å². The lowest BCUT2D eigenvalue weighted by atomic mass is 10.2. The Labute approximate surface area is 142 Å². The number of carbonyl (C=O) groups is 1. The first kappa shape index (κ1) is 18.2. The molecule has 2 aromatic rings. The van der Waals surface area contributed by atoms with Crippen LogP contribution in [-0.2, 0) is 22.6 Å². The molecule has 0 aliphatic rings. The molecule has 1 aromatic heterocycles. The topological polar surface area (TPSA) is 81.1 Å². The van der Waals surface area contributed by atoms with E-state index in [1.165, 1.54) is 0 Å². The Balaban J connectivity index is 2.17. The van der Waals surface area contributed by atoms with E-state index in [1.807, 2.05) is 6.92 Å². The fourth-order valence-electron chi connectivity index (χ4n) is 2.04. The second-order valence-electron chi connectivity index (χ2n) is 6.82. The molecule has 0 spiro atoms. The lowest BCUT2D eigenvalue weighted by molar-refractivity contribution is 0.102. The van der Waals surface area contributed by atoms with E-state index in [1.54, 1.807) is 62.8 Å². The summed E-state index contributed by atoms with van der Waals surface area (Å²) in [6, 6.07) is 8.57. The van der Waals surface area contributed by atoms with Crippen LogP contribution in [0.1, 0.15) is 42.5 Å². The van der Waals surface area contributed by atoms with E-state index in [2.05, 4.69) is 10.4 Å². The van der Waals surface area contributed by atoms with Crippen LogP contribution in [-0.4, -0.2) is 28.9 Å². The van der Waals surface area contributed by atoms with E-state index in [9.17, 15) is 13.2 Å². The van der Waals surface area contributed by atoms with Gasteiger partial charge in [-0.25, -0.2) is 8.42 Å². The van der Waals surface area contributed by atoms with Gasteiger partial charge in [0.05, 0.1) is 10.5 Å². The molecule has 0 bridgehead atoms. The first-order chi connectivity index (χ1) is 11.0. The van der Waals surface area contributed by atoms with Crippen molar-refractivity contribution in [3.8, 4) is 0 Å². The summed E-state index contributed by atoms with van der Waals surface area (Å²) in [7, 11) is -1.51. The molecule has 1 N–H and O–H groups in total. The molecule has 2 rings (SSSR count). The number of amides is 1. The molecule has 0 fully saturated rings. The van der Waals surface area contributed by atoms with Gasteiger partial charge in [-0.05, 0) is 51.5 Å². The van der Waals surface area contributed by atoms with Crippen LogP contribution in [0.2, 0.25) is 0 Å². The molecule has 0 unspecified atom stereocenters. The van der Waals surface area contributed by atoms with E-state index in [0.29, 0.717) is 16.9 Å².